The van der Waals surface area contributed by atoms with Gasteiger partial charge in [-0.15, -0.1) is 0 Å². The molecule has 0 aromatic heterocycles. The first kappa shape index (κ1) is 69.1. The van der Waals surface area contributed by atoms with Crippen LogP contribution in [-0.2, 0) is 14.6 Å². The largest absolute Gasteiger partial charge is 3.00 e. The van der Waals surface area contributed by atoms with Gasteiger partial charge in [0.05, 0.1) is 15.3 Å². The fourth-order valence-electron chi connectivity index (χ4n) is 6.04. The van der Waals surface area contributed by atoms with E-state index in [4.69, 9.17) is 56.2 Å². The second kappa shape index (κ2) is 27.9. The summed E-state index contributed by atoms with van der Waals surface area (Å²) in [6, 6.07) is 0. The fraction of sp³-hybridized carbons (Fsp3) is 1.00. The van der Waals surface area contributed by atoms with E-state index in [1.165, 1.54) is 0 Å². The molecule has 0 aromatic carbocycles. The topological polar surface area (TPSA) is 306 Å². The SMILES string of the molecule is CC(C)(C)P(=O)(C(C)(C)C)C(C)(C)C.CC(C)(C)P(=O)(C(C)(C)C)C(C)(C)C.CCO.CCO.O=[N+]([O-])[O-].O=[N+]([O-])[O-].O=[N+]([O-])[O-].[Nd+3].[OH3+]. The maximum atomic E-state index is 13.3. The Morgan fingerprint density at radius 1 is 0.417 bits per heavy atom. The zero-order chi connectivity index (χ0) is 40.1. The van der Waals surface area contributed by atoms with E-state index in [1.54, 1.807) is 13.8 Å². The molecule has 48 heavy (non-hydrogen) atoms. The van der Waals surface area contributed by atoms with Gasteiger partial charge in [0, 0.05) is 44.2 Å². The second-order valence-corrected chi connectivity index (χ2v) is 26.0. The van der Waals surface area contributed by atoms with Crippen LogP contribution < -0.4 is 0 Å². The molecule has 0 rings (SSSR count). The molecule has 0 amide bonds. The van der Waals surface area contributed by atoms with Crippen LogP contribution in [0.25, 0.3) is 0 Å². The maximum Gasteiger partial charge on any atom is 3.00 e. The van der Waals surface area contributed by atoms with Crippen molar-refractivity contribution in [3.8, 4) is 0 Å². The van der Waals surface area contributed by atoms with Crippen molar-refractivity contribution < 1.29 is 80.9 Å². The molecule has 17 nitrogen and oxygen atoms in total. The molecule has 0 unspecified atom stereocenters. The Bertz CT molecular complexity index is 758. The van der Waals surface area contributed by atoms with Crippen molar-refractivity contribution in [2.24, 2.45) is 0 Å². The van der Waals surface area contributed by atoms with E-state index < -0.39 is 29.5 Å². The Morgan fingerprint density at radius 2 is 0.458 bits per heavy atom. The number of hydrogen-bond donors (Lipinski definition) is 2. The van der Waals surface area contributed by atoms with Gasteiger partial charge in [-0.3, -0.25) is 0 Å². The summed E-state index contributed by atoms with van der Waals surface area (Å²) < 4.78 is 26.6. The maximum absolute atomic E-state index is 13.3. The molecule has 0 saturated carbocycles. The van der Waals surface area contributed by atoms with Crippen molar-refractivity contribution in [3.63, 3.8) is 0 Å². The van der Waals surface area contributed by atoms with Crippen LogP contribution in [0.4, 0.5) is 0 Å². The van der Waals surface area contributed by atoms with Crippen LogP contribution in [-0.4, -0.2) is 69.6 Å². The third-order valence-electron chi connectivity index (χ3n) is 5.67. The Kier molecular flexibility index (Phi) is 40.2. The smallest absolute Gasteiger partial charge is 0.457 e. The summed E-state index contributed by atoms with van der Waals surface area (Å²) in [5.74, 6) is 0. The average Bonchev–Trinajstić information content (AvgIpc) is 2.68. The molecular weight excluding hydrogens is 809 g/mol. The molecule has 0 aliphatic carbocycles. The van der Waals surface area contributed by atoms with E-state index in [2.05, 4.69) is 125 Å². The van der Waals surface area contributed by atoms with E-state index in [0.29, 0.717) is 0 Å². The first-order valence-corrected chi connectivity index (χ1v) is 17.8. The first-order chi connectivity index (χ1) is 19.5. The monoisotopic (exact) mass is 875 g/mol. The predicted molar refractivity (Wildman–Crippen MR) is 195 cm³/mol. The van der Waals surface area contributed by atoms with E-state index in [9.17, 15) is 9.13 Å². The summed E-state index contributed by atoms with van der Waals surface area (Å²) in [5, 5.41) is 58.7. The fourth-order valence-corrected chi connectivity index (χ4v) is 18.1. The molecule has 0 aliphatic heterocycles. The van der Waals surface area contributed by atoms with E-state index in [1.807, 2.05) is 0 Å². The van der Waals surface area contributed by atoms with Gasteiger partial charge in [-0.05, 0) is 13.8 Å². The van der Waals surface area contributed by atoms with Crippen LogP contribution in [0.15, 0.2) is 0 Å². The Balaban J connectivity index is -0.0000000590. The van der Waals surface area contributed by atoms with Crippen molar-refractivity contribution in [2.75, 3.05) is 13.2 Å². The second-order valence-electron chi connectivity index (χ2n) is 15.5. The number of aliphatic hydroxyl groups excluding tert-OH is 2. The van der Waals surface area contributed by atoms with Gasteiger partial charge in [-0.2, -0.15) is 0 Å². The van der Waals surface area contributed by atoms with Crippen LogP contribution in [0.5, 0.6) is 0 Å². The van der Waals surface area contributed by atoms with Crippen molar-refractivity contribution in [2.45, 2.75) is 169 Å². The minimum absolute atomic E-state index is 0. The summed E-state index contributed by atoms with van der Waals surface area (Å²) in [7, 11) is -4.54. The van der Waals surface area contributed by atoms with Gasteiger partial charge >= 0.3 is 40.8 Å². The molecule has 0 atom stereocenters. The molecule has 0 aliphatic rings. The standard InChI is InChI=1S/2C12H27OP.2C2H6O.3NO3.Nd.H2O/c2*1-10(2,3)14(13,11(4,5)6)12(7,8)9;2*1-2-3;3*2-1(3)4;;/h2*1-9H3;2*3H,2H2,1H3;;;;;1H2/q;;;;3*-1;+3;/p+1. The van der Waals surface area contributed by atoms with E-state index >= 15 is 0 Å². The Labute approximate surface area is 322 Å². The number of nitrogens with zero attached hydrogens (tertiary/aromatic N) is 3. The minimum atomic E-state index is -2.27. The molecule has 0 bridgehead atoms. The van der Waals surface area contributed by atoms with E-state index in [0.717, 1.165) is 0 Å². The van der Waals surface area contributed by atoms with Gasteiger partial charge in [0.15, 0.2) is 0 Å². The molecule has 0 heterocycles. The number of rotatable bonds is 0. The molecule has 0 saturated heterocycles. The molecule has 0 aromatic rings. The summed E-state index contributed by atoms with van der Waals surface area (Å²) >= 11 is 0. The van der Waals surface area contributed by atoms with E-state index in [-0.39, 0.29) is 90.5 Å². The average molecular weight is 878 g/mol. The van der Waals surface area contributed by atoms with Gasteiger partial charge in [0.2, 0.25) is 0 Å². The van der Waals surface area contributed by atoms with Gasteiger partial charge in [0.25, 0.3) is 0 Å². The van der Waals surface area contributed by atoms with Gasteiger partial charge in [-0.1, -0.05) is 125 Å². The van der Waals surface area contributed by atoms with Gasteiger partial charge < -0.3 is 70.8 Å². The third-order valence-corrected chi connectivity index (χ3v) is 17.0. The molecule has 20 heteroatoms. The summed E-state index contributed by atoms with van der Waals surface area (Å²) in [4.78, 5) is 24.8. The molecule has 5 N–H and O–H groups in total. The van der Waals surface area contributed by atoms with Crippen LogP contribution in [0.3, 0.4) is 0 Å². The van der Waals surface area contributed by atoms with Crippen LogP contribution in [0.1, 0.15) is 138 Å². The quantitative estimate of drug-likeness (QED) is 0.101. The Morgan fingerprint density at radius 3 is 0.458 bits per heavy atom. The molecule has 0 fully saturated rings. The molecule has 0 spiro atoms. The van der Waals surface area contributed by atoms with Gasteiger partial charge in [-0.25, -0.2) is 0 Å². The number of hydrogen-bond acceptors (Lipinski definition) is 13. The van der Waals surface area contributed by atoms with Gasteiger partial charge in [0.1, 0.15) is 14.3 Å². The first-order valence-electron chi connectivity index (χ1n) is 14.4. The number of aliphatic hydroxyl groups is 2. The summed E-state index contributed by atoms with van der Waals surface area (Å²) in [5.41, 5.74) is 0. The van der Waals surface area contributed by atoms with Crippen molar-refractivity contribution >= 4 is 14.3 Å². The minimum Gasteiger partial charge on any atom is -0.457 e. The summed E-state index contributed by atoms with van der Waals surface area (Å²) in [6.07, 6.45) is 0. The third kappa shape index (κ3) is 31.3. The van der Waals surface area contributed by atoms with Crippen LogP contribution in [0.2, 0.25) is 0 Å². The Hall–Kier alpha value is -0.709. The summed E-state index contributed by atoms with van der Waals surface area (Å²) in [6.45, 7) is 41.7. The van der Waals surface area contributed by atoms with Crippen molar-refractivity contribution in [3.05, 3.63) is 46.0 Å². The van der Waals surface area contributed by atoms with Crippen LogP contribution >= 0.6 is 14.3 Å². The predicted octanol–water partition coefficient (Wildman–Crippen LogP) is 7.85. The normalized spacial score (nSPS) is 11.5. The van der Waals surface area contributed by atoms with Crippen LogP contribution in [0, 0.1) is 86.8 Å². The van der Waals surface area contributed by atoms with Crippen molar-refractivity contribution in [1.29, 1.82) is 0 Å². The van der Waals surface area contributed by atoms with Crippen molar-refractivity contribution in [1.82, 2.24) is 0 Å². The zero-order valence-corrected chi connectivity index (χ0v) is 38.1. The molecule has 293 valence electrons. The zero-order valence-electron chi connectivity index (χ0n) is 33.1. The molecule has 1 radical (unpaired) electrons. The molecular formula is C28H69N3NdO14P2+.